The first-order valence-corrected chi connectivity index (χ1v) is 7.00. The standard InChI is InChI=1S/C15H17N3S/c1-4-10-18-14(13-8-6-5-7-9-13)11-19-15(18)17-16-12(2)3/h4-9,11H,1,10H2,2-3H3. The van der Waals surface area contributed by atoms with Gasteiger partial charge < -0.3 is 4.57 Å². The molecule has 0 amide bonds. The summed E-state index contributed by atoms with van der Waals surface area (Å²) in [6, 6.07) is 10.3. The molecule has 0 N–H and O–H groups in total. The Morgan fingerprint density at radius 1 is 1.32 bits per heavy atom. The summed E-state index contributed by atoms with van der Waals surface area (Å²) >= 11 is 1.59. The van der Waals surface area contributed by atoms with Crippen LogP contribution in [-0.4, -0.2) is 10.3 Å². The van der Waals surface area contributed by atoms with Crippen molar-refractivity contribution >= 4 is 17.0 Å². The predicted molar refractivity (Wildman–Crippen MR) is 82.3 cm³/mol. The molecule has 0 bridgehead atoms. The van der Waals surface area contributed by atoms with Crippen LogP contribution in [0, 0.1) is 0 Å². The van der Waals surface area contributed by atoms with E-state index in [9.17, 15) is 0 Å². The lowest BCUT2D eigenvalue weighted by Crippen LogP contribution is -2.14. The molecule has 0 unspecified atom stereocenters. The van der Waals surface area contributed by atoms with Crippen LogP contribution >= 0.6 is 11.3 Å². The molecule has 0 saturated carbocycles. The molecular formula is C15H17N3S. The van der Waals surface area contributed by atoms with E-state index in [2.05, 4.69) is 38.9 Å². The first kappa shape index (κ1) is 13.5. The molecule has 4 heteroatoms. The molecule has 2 rings (SSSR count). The highest BCUT2D eigenvalue weighted by atomic mass is 32.1. The minimum Gasteiger partial charge on any atom is -0.311 e. The molecule has 1 aromatic carbocycles. The summed E-state index contributed by atoms with van der Waals surface area (Å²) in [4.78, 5) is 0.889. The average Bonchev–Trinajstić information content (AvgIpc) is 2.81. The minimum atomic E-state index is 0.727. The molecule has 0 atom stereocenters. The van der Waals surface area contributed by atoms with E-state index in [0.717, 1.165) is 22.8 Å². The molecule has 0 aliphatic rings. The fourth-order valence-electron chi connectivity index (χ4n) is 1.70. The summed E-state index contributed by atoms with van der Waals surface area (Å²) in [5.41, 5.74) is 3.27. The van der Waals surface area contributed by atoms with Crippen molar-refractivity contribution in [2.45, 2.75) is 20.4 Å². The van der Waals surface area contributed by atoms with Crippen LogP contribution in [0.1, 0.15) is 13.8 Å². The van der Waals surface area contributed by atoms with E-state index < -0.39 is 0 Å². The summed E-state index contributed by atoms with van der Waals surface area (Å²) in [5, 5.41) is 10.5. The van der Waals surface area contributed by atoms with Crippen LogP contribution in [0.5, 0.6) is 0 Å². The molecular weight excluding hydrogens is 254 g/mol. The monoisotopic (exact) mass is 271 g/mol. The Hall–Kier alpha value is -1.94. The zero-order valence-electron chi connectivity index (χ0n) is 11.2. The first-order valence-electron chi connectivity index (χ1n) is 6.12. The van der Waals surface area contributed by atoms with Gasteiger partial charge in [0, 0.05) is 17.6 Å². The average molecular weight is 271 g/mol. The Morgan fingerprint density at radius 3 is 2.68 bits per heavy atom. The number of benzene rings is 1. The quantitative estimate of drug-likeness (QED) is 0.461. The second-order valence-corrected chi connectivity index (χ2v) is 5.15. The number of nitrogens with zero attached hydrogens (tertiary/aromatic N) is 3. The number of rotatable bonds is 4. The van der Waals surface area contributed by atoms with Crippen molar-refractivity contribution in [1.29, 1.82) is 0 Å². The summed E-state index contributed by atoms with van der Waals surface area (Å²) in [6.07, 6.45) is 1.88. The Bertz CT molecular complexity index is 644. The van der Waals surface area contributed by atoms with Gasteiger partial charge in [-0.1, -0.05) is 36.4 Å². The maximum Gasteiger partial charge on any atom is 0.211 e. The summed E-state index contributed by atoms with van der Waals surface area (Å²) in [5.74, 6) is 0. The maximum atomic E-state index is 4.29. The van der Waals surface area contributed by atoms with Crippen LogP contribution in [-0.2, 0) is 6.54 Å². The fourth-order valence-corrected chi connectivity index (χ4v) is 2.57. The van der Waals surface area contributed by atoms with E-state index in [1.807, 2.05) is 38.1 Å². The van der Waals surface area contributed by atoms with Crippen molar-refractivity contribution in [3.05, 3.63) is 53.2 Å². The van der Waals surface area contributed by atoms with Crippen LogP contribution < -0.4 is 4.80 Å². The van der Waals surface area contributed by atoms with Gasteiger partial charge in [-0.05, 0) is 19.4 Å². The molecule has 0 fully saturated rings. The molecule has 1 aromatic heterocycles. The van der Waals surface area contributed by atoms with Gasteiger partial charge in [0.15, 0.2) is 0 Å². The largest absolute Gasteiger partial charge is 0.311 e. The highest BCUT2D eigenvalue weighted by Gasteiger charge is 2.06. The van der Waals surface area contributed by atoms with Gasteiger partial charge in [0.05, 0.1) is 5.69 Å². The third kappa shape index (κ3) is 3.29. The molecule has 3 nitrogen and oxygen atoms in total. The summed E-state index contributed by atoms with van der Waals surface area (Å²) < 4.78 is 2.12. The van der Waals surface area contributed by atoms with E-state index in [0.29, 0.717) is 0 Å². The van der Waals surface area contributed by atoms with Crippen molar-refractivity contribution in [3.8, 4) is 11.3 Å². The second kappa shape index (κ2) is 6.29. The molecule has 0 spiro atoms. The number of aromatic nitrogens is 1. The Morgan fingerprint density at radius 2 is 2.05 bits per heavy atom. The van der Waals surface area contributed by atoms with Gasteiger partial charge >= 0.3 is 0 Å². The zero-order chi connectivity index (χ0) is 13.7. The first-order chi connectivity index (χ1) is 9.22. The van der Waals surface area contributed by atoms with Crippen LogP contribution in [0.25, 0.3) is 11.3 Å². The number of allylic oxidation sites excluding steroid dienone is 1. The van der Waals surface area contributed by atoms with Crippen molar-refractivity contribution < 1.29 is 0 Å². The minimum absolute atomic E-state index is 0.727. The smallest absolute Gasteiger partial charge is 0.211 e. The van der Waals surface area contributed by atoms with Crippen molar-refractivity contribution in [2.24, 2.45) is 10.2 Å². The summed E-state index contributed by atoms with van der Waals surface area (Å²) in [6.45, 7) is 8.42. The third-order valence-corrected chi connectivity index (χ3v) is 3.37. The Labute approximate surface area is 117 Å². The van der Waals surface area contributed by atoms with Crippen molar-refractivity contribution in [2.75, 3.05) is 0 Å². The molecule has 98 valence electrons. The van der Waals surface area contributed by atoms with E-state index in [1.165, 1.54) is 5.56 Å². The maximum absolute atomic E-state index is 4.29. The van der Waals surface area contributed by atoms with E-state index in [-0.39, 0.29) is 0 Å². The predicted octanol–water partition coefficient (Wildman–Crippen LogP) is 3.70. The SMILES string of the molecule is C=CCn1c(-c2ccccc2)csc1=NN=C(C)C. The van der Waals surface area contributed by atoms with Gasteiger partial charge in [0.25, 0.3) is 0 Å². The van der Waals surface area contributed by atoms with Gasteiger partial charge in [-0.3, -0.25) is 0 Å². The Balaban J connectivity index is 2.55. The molecule has 19 heavy (non-hydrogen) atoms. The van der Waals surface area contributed by atoms with Crippen molar-refractivity contribution in [3.63, 3.8) is 0 Å². The van der Waals surface area contributed by atoms with Crippen LogP contribution in [0.2, 0.25) is 0 Å². The van der Waals surface area contributed by atoms with E-state index in [4.69, 9.17) is 0 Å². The highest BCUT2D eigenvalue weighted by molar-refractivity contribution is 7.07. The second-order valence-electron chi connectivity index (χ2n) is 4.32. The lowest BCUT2D eigenvalue weighted by molar-refractivity contribution is 0.788. The van der Waals surface area contributed by atoms with Crippen LogP contribution in [0.15, 0.2) is 58.6 Å². The molecule has 2 aromatic rings. The van der Waals surface area contributed by atoms with E-state index >= 15 is 0 Å². The lowest BCUT2D eigenvalue weighted by atomic mass is 10.2. The number of hydrogen-bond acceptors (Lipinski definition) is 3. The number of thiazole rings is 1. The van der Waals surface area contributed by atoms with Crippen LogP contribution in [0.4, 0.5) is 0 Å². The highest BCUT2D eigenvalue weighted by Crippen LogP contribution is 2.19. The molecule has 0 saturated heterocycles. The molecule has 0 aliphatic heterocycles. The lowest BCUT2D eigenvalue weighted by Gasteiger charge is -2.05. The number of hydrogen-bond donors (Lipinski definition) is 0. The zero-order valence-corrected chi connectivity index (χ0v) is 12.0. The van der Waals surface area contributed by atoms with Gasteiger partial charge in [-0.25, -0.2) is 0 Å². The van der Waals surface area contributed by atoms with Crippen molar-refractivity contribution in [1.82, 2.24) is 4.57 Å². The van der Waals surface area contributed by atoms with Gasteiger partial charge in [0.1, 0.15) is 0 Å². The summed E-state index contributed by atoms with van der Waals surface area (Å²) in [7, 11) is 0. The molecule has 0 aliphatic carbocycles. The van der Waals surface area contributed by atoms with Gasteiger partial charge in [-0.15, -0.1) is 23.0 Å². The third-order valence-electron chi connectivity index (χ3n) is 2.51. The van der Waals surface area contributed by atoms with E-state index in [1.54, 1.807) is 11.3 Å². The molecule has 0 radical (unpaired) electrons. The Kier molecular flexibility index (Phi) is 4.47. The van der Waals surface area contributed by atoms with Crippen LogP contribution in [0.3, 0.4) is 0 Å². The fraction of sp³-hybridized carbons (Fsp3) is 0.200. The van der Waals surface area contributed by atoms with Gasteiger partial charge in [0.2, 0.25) is 4.80 Å². The molecule has 1 heterocycles. The van der Waals surface area contributed by atoms with Gasteiger partial charge in [-0.2, -0.15) is 5.10 Å². The topological polar surface area (TPSA) is 29.6 Å². The normalized spacial score (nSPS) is 11.4.